The minimum Gasteiger partial charge on any atom is -0.345 e. The average Bonchev–Trinajstić information content (AvgIpc) is 3.18. The maximum absolute atomic E-state index is 12.5. The van der Waals surface area contributed by atoms with Crippen molar-refractivity contribution in [2.24, 2.45) is 7.05 Å². The summed E-state index contributed by atoms with van der Waals surface area (Å²) in [5.74, 6) is 0.508. The lowest BCUT2D eigenvalue weighted by molar-refractivity contribution is 0.102. The van der Waals surface area contributed by atoms with E-state index in [-0.39, 0.29) is 5.78 Å². The second kappa shape index (κ2) is 6.24. The van der Waals surface area contributed by atoms with Crippen molar-refractivity contribution in [2.45, 2.75) is 50.7 Å². The van der Waals surface area contributed by atoms with Crippen molar-refractivity contribution in [1.82, 2.24) is 24.8 Å². The van der Waals surface area contributed by atoms with Gasteiger partial charge in [-0.15, -0.1) is 5.10 Å². The summed E-state index contributed by atoms with van der Waals surface area (Å²) in [5, 5.41) is 11.9. The van der Waals surface area contributed by atoms with E-state index in [2.05, 4.69) is 33.9 Å². The molecule has 0 aliphatic heterocycles. The van der Waals surface area contributed by atoms with E-state index >= 15 is 0 Å². The minimum atomic E-state index is 0.144. The van der Waals surface area contributed by atoms with E-state index in [0.717, 1.165) is 11.3 Å². The molecule has 0 amide bonds. The van der Waals surface area contributed by atoms with Gasteiger partial charge < -0.3 is 4.57 Å². The van der Waals surface area contributed by atoms with Crippen LogP contribution in [0.2, 0.25) is 0 Å². The number of carbonyl (C=O) groups excluding carboxylic acids is 1. The standard InChI is InChI=1S/C15H21N5OS/c1-10-8-13(11(2)20(10)12-6-4-5-7-12)14(21)9-22-15-16-17-18-19(15)3/h8,12H,4-7,9H2,1-3H3. The third-order valence-electron chi connectivity index (χ3n) is 4.39. The van der Waals surface area contributed by atoms with Crippen molar-refractivity contribution in [3.63, 3.8) is 0 Å². The molecule has 0 aromatic carbocycles. The van der Waals surface area contributed by atoms with E-state index in [1.807, 2.05) is 6.07 Å². The summed E-state index contributed by atoms with van der Waals surface area (Å²) < 4.78 is 3.94. The molecule has 0 unspecified atom stereocenters. The number of nitrogens with zero attached hydrogens (tertiary/aromatic N) is 5. The first kappa shape index (κ1) is 15.3. The highest BCUT2D eigenvalue weighted by Crippen LogP contribution is 2.33. The number of hydrogen-bond acceptors (Lipinski definition) is 5. The van der Waals surface area contributed by atoms with E-state index in [4.69, 9.17) is 0 Å². The fourth-order valence-electron chi connectivity index (χ4n) is 3.34. The van der Waals surface area contributed by atoms with Crippen molar-refractivity contribution in [1.29, 1.82) is 0 Å². The molecule has 6 nitrogen and oxygen atoms in total. The van der Waals surface area contributed by atoms with Gasteiger partial charge in [-0.05, 0) is 43.2 Å². The van der Waals surface area contributed by atoms with Crippen molar-refractivity contribution < 1.29 is 4.79 Å². The van der Waals surface area contributed by atoms with Gasteiger partial charge in [0.05, 0.1) is 5.75 Å². The number of aromatic nitrogens is 5. The molecule has 0 radical (unpaired) electrons. The van der Waals surface area contributed by atoms with Crippen molar-refractivity contribution in [3.05, 3.63) is 23.0 Å². The van der Waals surface area contributed by atoms with Crippen LogP contribution in [0.3, 0.4) is 0 Å². The summed E-state index contributed by atoms with van der Waals surface area (Å²) in [5.41, 5.74) is 3.14. The Balaban J connectivity index is 1.75. The molecule has 0 spiro atoms. The van der Waals surface area contributed by atoms with Crippen LogP contribution in [0.1, 0.15) is 53.5 Å². The molecule has 2 aromatic heterocycles. The molecular weight excluding hydrogens is 298 g/mol. The number of tetrazole rings is 1. The maximum Gasteiger partial charge on any atom is 0.209 e. The van der Waals surface area contributed by atoms with Crippen molar-refractivity contribution >= 4 is 17.5 Å². The first-order valence-electron chi connectivity index (χ1n) is 7.64. The summed E-state index contributed by atoms with van der Waals surface area (Å²) in [6.45, 7) is 4.16. The van der Waals surface area contributed by atoms with Gasteiger partial charge in [0.1, 0.15) is 0 Å². The monoisotopic (exact) mass is 319 g/mol. The van der Waals surface area contributed by atoms with E-state index in [1.165, 1.54) is 43.1 Å². The predicted molar refractivity (Wildman–Crippen MR) is 85.3 cm³/mol. The summed E-state index contributed by atoms with van der Waals surface area (Å²) in [6.07, 6.45) is 5.03. The fourth-order valence-corrected chi connectivity index (χ4v) is 4.07. The average molecular weight is 319 g/mol. The Labute approximate surface area is 134 Å². The lowest BCUT2D eigenvalue weighted by Crippen LogP contribution is -2.10. The first-order chi connectivity index (χ1) is 10.6. The smallest absolute Gasteiger partial charge is 0.209 e. The topological polar surface area (TPSA) is 65.6 Å². The van der Waals surface area contributed by atoms with Gasteiger partial charge in [-0.25, -0.2) is 4.68 Å². The molecule has 3 rings (SSSR count). The second-order valence-electron chi connectivity index (χ2n) is 5.89. The van der Waals surface area contributed by atoms with Gasteiger partial charge >= 0.3 is 0 Å². The third kappa shape index (κ3) is 2.82. The Hall–Kier alpha value is -1.63. The van der Waals surface area contributed by atoms with Gasteiger partial charge in [0, 0.05) is 30.0 Å². The predicted octanol–water partition coefficient (Wildman–Crippen LogP) is 2.72. The first-order valence-corrected chi connectivity index (χ1v) is 8.63. The van der Waals surface area contributed by atoms with Gasteiger partial charge in [-0.3, -0.25) is 4.79 Å². The Bertz CT molecular complexity index is 684. The minimum absolute atomic E-state index is 0.144. The quantitative estimate of drug-likeness (QED) is 0.626. The van der Waals surface area contributed by atoms with Crippen LogP contribution in [0.25, 0.3) is 0 Å². The Morgan fingerprint density at radius 3 is 2.73 bits per heavy atom. The number of hydrogen-bond donors (Lipinski definition) is 0. The number of Topliss-reactive ketones (excluding diaryl/α,β-unsaturated/α-hetero) is 1. The van der Waals surface area contributed by atoms with E-state index in [1.54, 1.807) is 11.7 Å². The van der Waals surface area contributed by atoms with Crippen LogP contribution in [-0.2, 0) is 7.05 Å². The molecule has 0 saturated heterocycles. The van der Waals surface area contributed by atoms with Gasteiger partial charge in [-0.1, -0.05) is 24.6 Å². The highest BCUT2D eigenvalue weighted by Gasteiger charge is 2.23. The zero-order valence-corrected chi connectivity index (χ0v) is 14.1. The molecule has 118 valence electrons. The zero-order chi connectivity index (χ0) is 15.7. The molecule has 0 N–H and O–H groups in total. The Morgan fingerprint density at radius 2 is 2.09 bits per heavy atom. The van der Waals surface area contributed by atoms with Gasteiger partial charge in [-0.2, -0.15) is 0 Å². The number of rotatable bonds is 5. The Kier molecular flexibility index (Phi) is 4.33. The highest BCUT2D eigenvalue weighted by molar-refractivity contribution is 7.99. The van der Waals surface area contributed by atoms with Crippen LogP contribution >= 0.6 is 11.8 Å². The summed E-state index contributed by atoms with van der Waals surface area (Å²) in [4.78, 5) is 12.5. The van der Waals surface area contributed by atoms with Crippen LogP contribution in [0.4, 0.5) is 0 Å². The van der Waals surface area contributed by atoms with Crippen LogP contribution in [0, 0.1) is 13.8 Å². The molecule has 1 fully saturated rings. The molecule has 1 saturated carbocycles. The summed E-state index contributed by atoms with van der Waals surface area (Å²) >= 11 is 1.38. The number of carbonyl (C=O) groups is 1. The van der Waals surface area contributed by atoms with Crippen LogP contribution in [0.15, 0.2) is 11.2 Å². The molecule has 1 aliphatic carbocycles. The van der Waals surface area contributed by atoms with Crippen LogP contribution in [0.5, 0.6) is 0 Å². The van der Waals surface area contributed by atoms with Crippen molar-refractivity contribution in [2.75, 3.05) is 5.75 Å². The Morgan fingerprint density at radius 1 is 1.36 bits per heavy atom. The lowest BCUT2D eigenvalue weighted by Gasteiger charge is -2.17. The molecule has 0 bridgehead atoms. The molecule has 1 aliphatic rings. The number of thioether (sulfide) groups is 1. The van der Waals surface area contributed by atoms with E-state index in [9.17, 15) is 4.79 Å². The highest BCUT2D eigenvalue weighted by atomic mass is 32.2. The SMILES string of the molecule is Cc1cc(C(=O)CSc2nnnn2C)c(C)n1C1CCCC1. The number of aryl methyl sites for hydroxylation is 2. The van der Waals surface area contributed by atoms with Crippen LogP contribution in [-0.4, -0.2) is 36.3 Å². The molecule has 2 aromatic rings. The molecule has 7 heteroatoms. The van der Waals surface area contributed by atoms with Crippen LogP contribution < -0.4 is 0 Å². The fraction of sp³-hybridized carbons (Fsp3) is 0.600. The van der Waals surface area contributed by atoms with Gasteiger partial charge in [0.25, 0.3) is 0 Å². The summed E-state index contributed by atoms with van der Waals surface area (Å²) in [7, 11) is 1.78. The number of ketones is 1. The summed E-state index contributed by atoms with van der Waals surface area (Å²) in [6, 6.07) is 2.60. The molecule has 0 atom stereocenters. The normalized spacial score (nSPS) is 15.6. The molecule has 2 heterocycles. The molecule has 22 heavy (non-hydrogen) atoms. The maximum atomic E-state index is 12.5. The lowest BCUT2D eigenvalue weighted by atomic mass is 10.2. The van der Waals surface area contributed by atoms with Gasteiger partial charge in [0.15, 0.2) is 5.78 Å². The van der Waals surface area contributed by atoms with E-state index < -0.39 is 0 Å². The second-order valence-corrected chi connectivity index (χ2v) is 6.83. The van der Waals surface area contributed by atoms with Crippen molar-refractivity contribution in [3.8, 4) is 0 Å². The largest absolute Gasteiger partial charge is 0.345 e. The van der Waals surface area contributed by atoms with E-state index in [0.29, 0.717) is 17.0 Å². The third-order valence-corrected chi connectivity index (χ3v) is 5.40. The molecular formula is C15H21N5OS. The zero-order valence-electron chi connectivity index (χ0n) is 13.2. The van der Waals surface area contributed by atoms with Gasteiger partial charge in [0.2, 0.25) is 5.16 Å².